The van der Waals surface area contributed by atoms with E-state index in [1.54, 1.807) is 10.9 Å². The zero-order valence-electron chi connectivity index (χ0n) is 13.0. The third kappa shape index (κ3) is 2.87. The summed E-state index contributed by atoms with van der Waals surface area (Å²) in [5.74, 6) is 1.35. The topological polar surface area (TPSA) is 97.7 Å². The number of rotatable bonds is 4. The van der Waals surface area contributed by atoms with Gasteiger partial charge in [0.05, 0.1) is 17.9 Å². The molecule has 1 saturated heterocycles. The van der Waals surface area contributed by atoms with Crippen molar-refractivity contribution in [3.63, 3.8) is 0 Å². The molecule has 8 nitrogen and oxygen atoms in total. The Balaban J connectivity index is 1.53. The molecule has 2 atom stereocenters. The molecule has 0 saturated carbocycles. The second kappa shape index (κ2) is 5.88. The summed E-state index contributed by atoms with van der Waals surface area (Å²) >= 11 is 0. The molecular formula is C14H20N6O2. The Morgan fingerprint density at radius 3 is 2.95 bits per heavy atom. The summed E-state index contributed by atoms with van der Waals surface area (Å²) in [6.07, 6.45) is 3.23. The molecule has 0 bridgehead atoms. The third-order valence-corrected chi connectivity index (χ3v) is 3.98. The van der Waals surface area contributed by atoms with Crippen molar-refractivity contribution in [1.82, 2.24) is 30.3 Å². The predicted octanol–water partition coefficient (Wildman–Crippen LogP) is 0.805. The number of hydrogen-bond acceptors (Lipinski definition) is 5. The van der Waals surface area contributed by atoms with Gasteiger partial charge in [-0.25, -0.2) is 4.98 Å². The number of ether oxygens (including phenoxy) is 1. The van der Waals surface area contributed by atoms with Crippen LogP contribution in [0.2, 0.25) is 0 Å². The molecule has 22 heavy (non-hydrogen) atoms. The first-order chi connectivity index (χ1) is 10.5. The van der Waals surface area contributed by atoms with Crippen molar-refractivity contribution in [3.8, 4) is 0 Å². The highest BCUT2D eigenvalue weighted by molar-refractivity contribution is 5.95. The Morgan fingerprint density at radius 2 is 2.32 bits per heavy atom. The summed E-state index contributed by atoms with van der Waals surface area (Å²) in [7, 11) is 1.82. The molecule has 118 valence electrons. The van der Waals surface area contributed by atoms with Crippen molar-refractivity contribution in [3.05, 3.63) is 29.1 Å². The normalized spacial score (nSPS) is 21.2. The van der Waals surface area contributed by atoms with Gasteiger partial charge < -0.3 is 10.1 Å². The number of aryl methyl sites for hydroxylation is 2. The number of amides is 1. The Kier molecular flexibility index (Phi) is 3.93. The highest BCUT2D eigenvalue weighted by atomic mass is 16.5. The van der Waals surface area contributed by atoms with Crippen molar-refractivity contribution >= 4 is 5.91 Å². The molecule has 0 aromatic carbocycles. The smallest absolute Gasteiger partial charge is 0.254 e. The fourth-order valence-electron chi connectivity index (χ4n) is 2.57. The van der Waals surface area contributed by atoms with Crippen molar-refractivity contribution in [2.45, 2.75) is 38.9 Å². The van der Waals surface area contributed by atoms with Crippen LogP contribution in [0.25, 0.3) is 0 Å². The standard InChI is InChI=1S/C14H20N6O2/c1-8-11(7-16-20(8)3)14(21)15-6-10-4-5-12(22-10)13-17-9(2)18-19-13/h7,10,12H,4-6H2,1-3H3,(H,15,21)(H,17,18,19)/t10-,12+/m1/s1. The first-order valence-electron chi connectivity index (χ1n) is 7.35. The van der Waals surface area contributed by atoms with Gasteiger partial charge in [0.25, 0.3) is 5.91 Å². The number of H-pyrrole nitrogens is 1. The molecular weight excluding hydrogens is 284 g/mol. The monoisotopic (exact) mass is 304 g/mol. The molecule has 2 aromatic heterocycles. The first-order valence-corrected chi connectivity index (χ1v) is 7.35. The molecule has 3 rings (SSSR count). The van der Waals surface area contributed by atoms with Crippen LogP contribution in [-0.4, -0.2) is 43.5 Å². The van der Waals surface area contributed by atoms with Crippen LogP contribution in [-0.2, 0) is 11.8 Å². The highest BCUT2D eigenvalue weighted by Gasteiger charge is 2.29. The van der Waals surface area contributed by atoms with Crippen LogP contribution < -0.4 is 5.32 Å². The molecule has 3 heterocycles. The van der Waals surface area contributed by atoms with E-state index < -0.39 is 0 Å². The number of nitrogens with zero attached hydrogens (tertiary/aromatic N) is 4. The lowest BCUT2D eigenvalue weighted by Crippen LogP contribution is -2.32. The van der Waals surface area contributed by atoms with E-state index in [4.69, 9.17) is 4.74 Å². The Labute approximate surface area is 128 Å². The number of aromatic nitrogens is 5. The maximum atomic E-state index is 12.1. The van der Waals surface area contributed by atoms with Crippen LogP contribution in [0.3, 0.4) is 0 Å². The van der Waals surface area contributed by atoms with E-state index in [0.29, 0.717) is 17.9 Å². The number of carbonyl (C=O) groups is 1. The minimum absolute atomic E-state index is 0.00951. The van der Waals surface area contributed by atoms with Gasteiger partial charge in [0.2, 0.25) is 0 Å². The minimum Gasteiger partial charge on any atom is -0.365 e. The summed E-state index contributed by atoms with van der Waals surface area (Å²) in [5.41, 5.74) is 1.44. The first kappa shape index (κ1) is 14.7. The van der Waals surface area contributed by atoms with Crippen molar-refractivity contribution in [1.29, 1.82) is 0 Å². The maximum absolute atomic E-state index is 12.1. The number of hydrogen-bond donors (Lipinski definition) is 2. The molecule has 1 fully saturated rings. The lowest BCUT2D eigenvalue weighted by Gasteiger charge is -2.12. The average Bonchev–Trinajstić information content (AvgIpc) is 3.19. The zero-order valence-corrected chi connectivity index (χ0v) is 13.0. The van der Waals surface area contributed by atoms with Crippen molar-refractivity contribution < 1.29 is 9.53 Å². The molecule has 1 amide bonds. The largest absolute Gasteiger partial charge is 0.365 e. The van der Waals surface area contributed by atoms with Crippen LogP contribution >= 0.6 is 0 Å². The van der Waals surface area contributed by atoms with Crippen molar-refractivity contribution in [2.24, 2.45) is 7.05 Å². The van der Waals surface area contributed by atoms with Gasteiger partial charge in [-0.3, -0.25) is 14.6 Å². The van der Waals surface area contributed by atoms with E-state index >= 15 is 0 Å². The third-order valence-electron chi connectivity index (χ3n) is 3.98. The second-order valence-electron chi connectivity index (χ2n) is 5.58. The van der Waals surface area contributed by atoms with Gasteiger partial charge in [0.1, 0.15) is 11.9 Å². The van der Waals surface area contributed by atoms with E-state index in [2.05, 4.69) is 25.6 Å². The average molecular weight is 304 g/mol. The fourth-order valence-corrected chi connectivity index (χ4v) is 2.57. The number of carbonyl (C=O) groups excluding carboxylic acids is 1. The lowest BCUT2D eigenvalue weighted by atomic mass is 10.2. The maximum Gasteiger partial charge on any atom is 0.254 e. The molecule has 2 N–H and O–H groups in total. The Morgan fingerprint density at radius 1 is 1.50 bits per heavy atom. The molecule has 0 unspecified atom stereocenters. The molecule has 1 aliphatic heterocycles. The molecule has 2 aromatic rings. The second-order valence-corrected chi connectivity index (χ2v) is 5.58. The van der Waals surface area contributed by atoms with Gasteiger partial charge in [0.15, 0.2) is 5.82 Å². The predicted molar refractivity (Wildman–Crippen MR) is 78.2 cm³/mol. The van der Waals surface area contributed by atoms with E-state index in [9.17, 15) is 4.79 Å². The molecule has 0 aliphatic carbocycles. The van der Waals surface area contributed by atoms with Gasteiger partial charge >= 0.3 is 0 Å². The van der Waals surface area contributed by atoms with Gasteiger partial charge in [-0.2, -0.15) is 10.2 Å². The molecule has 0 spiro atoms. The van der Waals surface area contributed by atoms with Gasteiger partial charge in [-0.15, -0.1) is 0 Å². The van der Waals surface area contributed by atoms with Crippen LogP contribution in [0, 0.1) is 13.8 Å². The summed E-state index contributed by atoms with van der Waals surface area (Å²) < 4.78 is 7.59. The van der Waals surface area contributed by atoms with Gasteiger partial charge in [-0.05, 0) is 26.7 Å². The van der Waals surface area contributed by atoms with Crippen LogP contribution in [0.4, 0.5) is 0 Å². The summed E-state index contributed by atoms with van der Waals surface area (Å²) in [5, 5.41) is 13.9. The number of aromatic amines is 1. The summed E-state index contributed by atoms with van der Waals surface area (Å²) in [6, 6.07) is 0. The van der Waals surface area contributed by atoms with Crippen molar-refractivity contribution in [2.75, 3.05) is 6.54 Å². The fraction of sp³-hybridized carbons (Fsp3) is 0.571. The van der Waals surface area contributed by atoms with E-state index in [0.717, 1.165) is 24.4 Å². The van der Waals surface area contributed by atoms with Crippen LogP contribution in [0.15, 0.2) is 6.20 Å². The van der Waals surface area contributed by atoms with Gasteiger partial charge in [-0.1, -0.05) is 0 Å². The highest BCUT2D eigenvalue weighted by Crippen LogP contribution is 2.30. The summed E-state index contributed by atoms with van der Waals surface area (Å²) in [6.45, 7) is 4.21. The number of nitrogens with one attached hydrogen (secondary N) is 2. The van der Waals surface area contributed by atoms with Crippen LogP contribution in [0.1, 0.15) is 46.6 Å². The van der Waals surface area contributed by atoms with E-state index in [1.807, 2.05) is 20.9 Å². The molecule has 1 aliphatic rings. The minimum atomic E-state index is -0.119. The van der Waals surface area contributed by atoms with Gasteiger partial charge in [0, 0.05) is 19.3 Å². The van der Waals surface area contributed by atoms with E-state index in [-0.39, 0.29) is 18.1 Å². The molecule has 8 heteroatoms. The zero-order chi connectivity index (χ0) is 15.7. The quantitative estimate of drug-likeness (QED) is 0.871. The Bertz CT molecular complexity index is 677. The summed E-state index contributed by atoms with van der Waals surface area (Å²) in [4.78, 5) is 16.4. The lowest BCUT2D eigenvalue weighted by molar-refractivity contribution is 0.0392. The molecule has 0 radical (unpaired) electrons. The SMILES string of the molecule is Cc1nc([C@@H]2CC[C@H](CNC(=O)c3cnn(C)c3C)O2)n[nH]1. The van der Waals surface area contributed by atoms with E-state index in [1.165, 1.54) is 0 Å². The Hall–Kier alpha value is -2.22. The van der Waals surface area contributed by atoms with Crippen LogP contribution in [0.5, 0.6) is 0 Å².